The summed E-state index contributed by atoms with van der Waals surface area (Å²) in [5, 5.41) is 13.1. The third-order valence-corrected chi connectivity index (χ3v) is 5.87. The zero-order valence-electron chi connectivity index (χ0n) is 20.8. The molecule has 194 valence electrons. The maximum atomic E-state index is 12.7. The maximum absolute atomic E-state index is 12.7. The van der Waals surface area contributed by atoms with Gasteiger partial charge in [-0.2, -0.15) is 5.10 Å². The monoisotopic (exact) mass is 531 g/mol. The van der Waals surface area contributed by atoms with Gasteiger partial charge in [0.15, 0.2) is 18.1 Å². The average molecular weight is 532 g/mol. The minimum absolute atomic E-state index is 0.130. The van der Waals surface area contributed by atoms with Gasteiger partial charge in [0.1, 0.15) is 0 Å². The Kier molecular flexibility index (Phi) is 8.45. The fourth-order valence-corrected chi connectivity index (χ4v) is 4.18. The van der Waals surface area contributed by atoms with Crippen LogP contribution in [0.2, 0.25) is 5.02 Å². The van der Waals surface area contributed by atoms with Gasteiger partial charge in [0.05, 0.1) is 23.5 Å². The first-order valence-corrected chi connectivity index (χ1v) is 12.2. The maximum Gasteiger partial charge on any atom is 0.341 e. The minimum atomic E-state index is -1.13. The number of amides is 1. The molecule has 0 fully saturated rings. The van der Waals surface area contributed by atoms with E-state index in [4.69, 9.17) is 26.2 Å². The van der Waals surface area contributed by atoms with Gasteiger partial charge in [-0.3, -0.25) is 4.79 Å². The van der Waals surface area contributed by atoms with Crippen LogP contribution >= 0.6 is 11.6 Å². The number of rotatable bonds is 10. The molecule has 0 unspecified atom stereocenters. The van der Waals surface area contributed by atoms with Gasteiger partial charge in [-0.15, -0.1) is 0 Å². The van der Waals surface area contributed by atoms with E-state index < -0.39 is 12.6 Å². The van der Waals surface area contributed by atoms with E-state index in [9.17, 15) is 9.59 Å². The topological polar surface area (TPSA) is 102 Å². The highest BCUT2D eigenvalue weighted by Crippen LogP contribution is 2.36. The molecule has 2 N–H and O–H groups in total. The van der Waals surface area contributed by atoms with E-state index in [0.29, 0.717) is 17.7 Å². The summed E-state index contributed by atoms with van der Waals surface area (Å²) in [5.41, 5.74) is 7.67. The average Bonchev–Trinajstić information content (AvgIpc) is 3.30. The molecule has 9 heteroatoms. The van der Waals surface area contributed by atoms with Gasteiger partial charge in [0.25, 0.3) is 5.91 Å². The van der Waals surface area contributed by atoms with Crippen molar-refractivity contribution < 1.29 is 24.2 Å². The van der Waals surface area contributed by atoms with Crippen LogP contribution in [-0.4, -0.2) is 41.0 Å². The predicted octanol–water partition coefficient (Wildman–Crippen LogP) is 5.73. The van der Waals surface area contributed by atoms with Crippen molar-refractivity contribution in [1.29, 1.82) is 0 Å². The lowest BCUT2D eigenvalue weighted by Crippen LogP contribution is -2.17. The quantitative estimate of drug-likeness (QED) is 0.201. The van der Waals surface area contributed by atoms with Crippen LogP contribution in [0.3, 0.4) is 0 Å². The molecule has 1 amide bonds. The molecule has 0 saturated carbocycles. The molecule has 0 bridgehead atoms. The number of carbonyl (C=O) groups excluding carboxylic acids is 1. The molecule has 0 atom stereocenters. The summed E-state index contributed by atoms with van der Waals surface area (Å²) in [6.07, 6.45) is 1.41. The molecule has 4 aromatic rings. The van der Waals surface area contributed by atoms with E-state index >= 15 is 0 Å². The first-order valence-electron chi connectivity index (χ1n) is 11.9. The van der Waals surface area contributed by atoms with Crippen molar-refractivity contribution in [2.75, 3.05) is 13.2 Å². The highest BCUT2D eigenvalue weighted by Gasteiger charge is 2.14. The second kappa shape index (κ2) is 12.1. The number of ether oxygens (including phenoxy) is 2. The minimum Gasteiger partial charge on any atom is -0.490 e. The molecule has 4 rings (SSSR count). The standard InChI is InChI=1S/C29H26ClN3O5/c1-3-37-26-16-20(15-24(30)28(26)38-18-27(34)35)17-31-32-29(36)22-10-12-23(13-11-22)33-19(2)9-14-25(33)21-7-5-4-6-8-21/h4-17H,3,18H2,1-2H3,(H,32,36)(H,34,35)/b31-17+. The predicted molar refractivity (Wildman–Crippen MR) is 147 cm³/mol. The Morgan fingerprint density at radius 1 is 1.03 bits per heavy atom. The summed E-state index contributed by atoms with van der Waals surface area (Å²) in [7, 11) is 0. The number of hydrazone groups is 1. The van der Waals surface area contributed by atoms with Gasteiger partial charge in [-0.05, 0) is 73.5 Å². The largest absolute Gasteiger partial charge is 0.490 e. The van der Waals surface area contributed by atoms with Crippen LogP contribution in [0.4, 0.5) is 0 Å². The van der Waals surface area contributed by atoms with Crippen LogP contribution < -0.4 is 14.9 Å². The number of hydrogen-bond acceptors (Lipinski definition) is 5. The summed E-state index contributed by atoms with van der Waals surface area (Å²) < 4.78 is 12.9. The number of benzene rings is 3. The molecule has 1 aromatic heterocycles. The normalized spacial score (nSPS) is 10.9. The first-order chi connectivity index (χ1) is 18.4. The summed E-state index contributed by atoms with van der Waals surface area (Å²) in [6, 6.07) is 24.7. The molecule has 0 saturated heterocycles. The Morgan fingerprint density at radius 3 is 2.45 bits per heavy atom. The molecule has 0 aliphatic rings. The molecule has 38 heavy (non-hydrogen) atoms. The summed E-state index contributed by atoms with van der Waals surface area (Å²) in [6.45, 7) is 3.58. The van der Waals surface area contributed by atoms with Crippen molar-refractivity contribution in [3.05, 3.63) is 101 Å². The van der Waals surface area contributed by atoms with Crippen LogP contribution in [0.1, 0.15) is 28.5 Å². The van der Waals surface area contributed by atoms with Crippen molar-refractivity contribution in [1.82, 2.24) is 9.99 Å². The van der Waals surface area contributed by atoms with Crippen LogP contribution in [0.5, 0.6) is 11.5 Å². The number of nitrogens with one attached hydrogen (secondary N) is 1. The summed E-state index contributed by atoms with van der Waals surface area (Å²) in [5.74, 6) is -1.10. The number of carboxylic acids is 1. The van der Waals surface area contributed by atoms with E-state index in [0.717, 1.165) is 22.6 Å². The fraction of sp³-hybridized carbons (Fsp3) is 0.138. The lowest BCUT2D eigenvalue weighted by Gasteiger charge is -2.13. The van der Waals surface area contributed by atoms with E-state index in [2.05, 4.69) is 39.4 Å². The third kappa shape index (κ3) is 6.22. The second-order valence-electron chi connectivity index (χ2n) is 8.25. The number of aromatic nitrogens is 1. The highest BCUT2D eigenvalue weighted by molar-refractivity contribution is 6.32. The van der Waals surface area contributed by atoms with Crippen LogP contribution in [0, 0.1) is 6.92 Å². The van der Waals surface area contributed by atoms with Crippen LogP contribution in [0.15, 0.2) is 84.0 Å². The van der Waals surface area contributed by atoms with Gasteiger partial charge >= 0.3 is 5.97 Å². The van der Waals surface area contributed by atoms with Gasteiger partial charge in [0, 0.05) is 16.9 Å². The lowest BCUT2D eigenvalue weighted by atomic mass is 10.1. The molecule has 0 aliphatic heterocycles. The smallest absolute Gasteiger partial charge is 0.341 e. The Labute approximate surface area is 225 Å². The number of halogens is 1. The van der Waals surface area contributed by atoms with Crippen molar-refractivity contribution in [2.24, 2.45) is 5.10 Å². The van der Waals surface area contributed by atoms with E-state index in [1.54, 1.807) is 25.1 Å². The van der Waals surface area contributed by atoms with Crippen molar-refractivity contribution in [2.45, 2.75) is 13.8 Å². The zero-order valence-corrected chi connectivity index (χ0v) is 21.6. The van der Waals surface area contributed by atoms with Crippen molar-refractivity contribution in [3.63, 3.8) is 0 Å². The molecule has 0 aliphatic carbocycles. The van der Waals surface area contributed by atoms with Gasteiger partial charge in [0.2, 0.25) is 0 Å². The van der Waals surface area contributed by atoms with Crippen molar-refractivity contribution >= 4 is 29.7 Å². The summed E-state index contributed by atoms with van der Waals surface area (Å²) >= 11 is 6.26. The molecular weight excluding hydrogens is 506 g/mol. The highest BCUT2D eigenvalue weighted by atomic mass is 35.5. The van der Waals surface area contributed by atoms with E-state index in [1.165, 1.54) is 12.3 Å². The Balaban J connectivity index is 1.47. The number of carboxylic acid groups (broad SMARTS) is 1. The van der Waals surface area contributed by atoms with E-state index in [1.807, 2.05) is 37.3 Å². The van der Waals surface area contributed by atoms with Gasteiger partial charge < -0.3 is 19.1 Å². The summed E-state index contributed by atoms with van der Waals surface area (Å²) in [4.78, 5) is 23.5. The molecule has 8 nitrogen and oxygen atoms in total. The first kappa shape index (κ1) is 26.5. The van der Waals surface area contributed by atoms with Gasteiger partial charge in [-0.25, -0.2) is 10.2 Å². The zero-order chi connectivity index (χ0) is 27.1. The van der Waals surface area contributed by atoms with E-state index in [-0.39, 0.29) is 22.4 Å². The third-order valence-electron chi connectivity index (χ3n) is 5.58. The number of aliphatic carboxylic acids is 1. The Hall–Kier alpha value is -4.56. The molecule has 0 spiro atoms. The Morgan fingerprint density at radius 2 is 1.76 bits per heavy atom. The lowest BCUT2D eigenvalue weighted by molar-refractivity contribution is -0.139. The second-order valence-corrected chi connectivity index (χ2v) is 8.66. The van der Waals surface area contributed by atoms with Crippen molar-refractivity contribution in [3.8, 4) is 28.4 Å². The molecule has 3 aromatic carbocycles. The number of nitrogens with zero attached hydrogens (tertiary/aromatic N) is 2. The fourth-order valence-electron chi connectivity index (χ4n) is 3.91. The SMILES string of the molecule is CCOc1cc(/C=N/NC(=O)c2ccc(-n3c(C)ccc3-c3ccccc3)cc2)cc(Cl)c1OCC(=O)O. The molecule has 1 heterocycles. The Bertz CT molecular complexity index is 1460. The van der Waals surface area contributed by atoms with Gasteiger partial charge in [-0.1, -0.05) is 41.9 Å². The van der Waals surface area contributed by atoms with Crippen LogP contribution in [0.25, 0.3) is 16.9 Å². The number of hydrogen-bond donors (Lipinski definition) is 2. The molecule has 0 radical (unpaired) electrons. The van der Waals surface area contributed by atoms with Crippen LogP contribution in [-0.2, 0) is 4.79 Å². The number of aryl methyl sites for hydroxylation is 1. The number of carbonyl (C=O) groups is 2. The molecular formula is C29H26ClN3O5.